The number of aromatic hydroxyl groups is 1. The van der Waals surface area contributed by atoms with E-state index in [0.717, 1.165) is 13.8 Å². The smallest absolute Gasteiger partial charge is 0.405 e. The summed E-state index contributed by atoms with van der Waals surface area (Å²) in [5.74, 6) is -7.47. The first-order valence-electron chi connectivity index (χ1n) is 12.7. The highest BCUT2D eigenvalue weighted by Gasteiger charge is 2.64. The van der Waals surface area contributed by atoms with Crippen LogP contribution in [-0.2, 0) is 16.0 Å². The molecule has 1 fully saturated rings. The van der Waals surface area contributed by atoms with E-state index in [2.05, 4.69) is 5.32 Å². The largest absolute Gasteiger partial charge is 0.508 e. The summed E-state index contributed by atoms with van der Waals surface area (Å²) in [5, 5.41) is 25.4. The molecule has 2 aromatic rings. The van der Waals surface area contributed by atoms with Crippen molar-refractivity contribution in [1.29, 1.82) is 0 Å². The van der Waals surface area contributed by atoms with Crippen LogP contribution in [0.2, 0.25) is 0 Å². The van der Waals surface area contributed by atoms with Crippen molar-refractivity contribution in [2.45, 2.75) is 64.4 Å². The van der Waals surface area contributed by atoms with Crippen LogP contribution < -0.4 is 10.6 Å². The maximum absolute atomic E-state index is 15.0. The highest BCUT2D eigenvalue weighted by Crippen LogP contribution is 2.48. The van der Waals surface area contributed by atoms with Crippen LogP contribution in [-0.4, -0.2) is 76.2 Å². The average Bonchev–Trinajstić information content (AvgIpc) is 3.07. The molecule has 1 saturated heterocycles. The van der Waals surface area contributed by atoms with E-state index in [-0.39, 0.29) is 23.3 Å². The number of hydrogen-bond acceptors (Lipinski definition) is 5. The number of carbonyl (C=O) groups is 3. The topological polar surface area (TPSA) is 119 Å². The lowest BCUT2D eigenvalue weighted by atomic mass is 9.81. The van der Waals surface area contributed by atoms with Gasteiger partial charge in [-0.25, -0.2) is 8.78 Å². The number of alkyl halides is 5. The number of nitrogens with zero attached hydrogens (tertiary/aromatic N) is 1. The monoisotopic (exact) mass is 585 g/mol. The molecular weight excluding hydrogens is 553 g/mol. The number of phenolic OH excluding ortho intramolecular Hbond substituents is 1. The van der Waals surface area contributed by atoms with Gasteiger partial charge in [0, 0.05) is 11.1 Å². The summed E-state index contributed by atoms with van der Waals surface area (Å²) in [4.78, 5) is 39.9. The number of phenols is 1. The number of halogens is 5. The summed E-state index contributed by atoms with van der Waals surface area (Å²) in [5.41, 5.74) is -0.962. The number of nitrogens with one attached hydrogen (secondary N) is 2. The molecule has 1 heterocycles. The molecule has 8 nitrogen and oxygen atoms in total. The predicted molar refractivity (Wildman–Crippen MR) is 138 cm³/mol. The van der Waals surface area contributed by atoms with Gasteiger partial charge in [0.2, 0.25) is 5.91 Å². The van der Waals surface area contributed by atoms with Gasteiger partial charge in [-0.2, -0.15) is 13.2 Å². The van der Waals surface area contributed by atoms with Crippen LogP contribution in [0.25, 0.3) is 0 Å². The van der Waals surface area contributed by atoms with E-state index in [1.54, 1.807) is 42.6 Å². The maximum Gasteiger partial charge on any atom is 0.405 e. The lowest BCUT2D eigenvalue weighted by Gasteiger charge is -2.34. The van der Waals surface area contributed by atoms with E-state index in [1.165, 1.54) is 19.1 Å². The average molecular weight is 586 g/mol. The Balaban J connectivity index is 1.97. The maximum atomic E-state index is 15.0. The van der Waals surface area contributed by atoms with Crippen molar-refractivity contribution in [3.8, 4) is 5.75 Å². The van der Waals surface area contributed by atoms with E-state index in [1.807, 2.05) is 0 Å². The molecule has 4 N–H and O–H groups in total. The molecule has 3 atom stereocenters. The number of aliphatic hydroxyl groups is 1. The number of likely N-dealkylation sites (tertiary alicyclic amines) is 1. The van der Waals surface area contributed by atoms with E-state index in [4.69, 9.17) is 0 Å². The summed E-state index contributed by atoms with van der Waals surface area (Å²) in [6.45, 7) is 1.85. The zero-order valence-corrected chi connectivity index (χ0v) is 22.9. The van der Waals surface area contributed by atoms with Crippen LogP contribution in [0.15, 0.2) is 42.5 Å². The summed E-state index contributed by atoms with van der Waals surface area (Å²) in [7, 11) is 0. The highest BCUT2D eigenvalue weighted by atomic mass is 19.4. The first-order chi connectivity index (χ1) is 18.9. The van der Waals surface area contributed by atoms with Crippen LogP contribution >= 0.6 is 0 Å². The van der Waals surface area contributed by atoms with Crippen molar-refractivity contribution in [2.75, 3.05) is 13.1 Å². The Morgan fingerprint density at radius 1 is 1.07 bits per heavy atom. The highest BCUT2D eigenvalue weighted by molar-refractivity contribution is 5.98. The Hall–Kier alpha value is -3.74. The minimum absolute atomic E-state index is 0.0703. The summed E-state index contributed by atoms with van der Waals surface area (Å²) in [6.07, 6.45) is -7.14. The van der Waals surface area contributed by atoms with Crippen molar-refractivity contribution >= 4 is 17.7 Å². The number of carbonyl (C=O) groups excluding carboxylic acids is 3. The van der Waals surface area contributed by atoms with Crippen LogP contribution in [0.5, 0.6) is 5.75 Å². The third-order valence-electron chi connectivity index (χ3n) is 7.42. The third kappa shape index (κ3) is 6.77. The second kappa shape index (κ2) is 11.6. The number of benzene rings is 2. The minimum Gasteiger partial charge on any atom is -0.508 e. The van der Waals surface area contributed by atoms with Crippen molar-refractivity contribution in [3.05, 3.63) is 64.7 Å². The lowest BCUT2D eigenvalue weighted by molar-refractivity contribution is -0.151. The van der Waals surface area contributed by atoms with Gasteiger partial charge in [-0.3, -0.25) is 14.4 Å². The molecule has 3 rings (SSSR count). The zero-order valence-electron chi connectivity index (χ0n) is 22.9. The summed E-state index contributed by atoms with van der Waals surface area (Å²) < 4.78 is 68.3. The first-order valence-corrected chi connectivity index (χ1v) is 12.7. The number of rotatable bonds is 8. The first kappa shape index (κ1) is 31.8. The molecule has 0 aromatic heterocycles. The Labute approximate surface area is 233 Å². The molecule has 2 aromatic carbocycles. The molecule has 0 spiro atoms. The molecule has 224 valence electrons. The molecule has 0 saturated carbocycles. The summed E-state index contributed by atoms with van der Waals surface area (Å²) >= 11 is 0. The quantitative estimate of drug-likeness (QED) is 0.355. The lowest BCUT2D eigenvalue weighted by Crippen LogP contribution is -2.58. The van der Waals surface area contributed by atoms with Crippen LogP contribution in [0, 0.1) is 19.3 Å². The van der Waals surface area contributed by atoms with E-state index < -0.39 is 66.5 Å². The second-order valence-electron chi connectivity index (χ2n) is 10.7. The van der Waals surface area contributed by atoms with Gasteiger partial charge in [0.1, 0.15) is 18.3 Å². The fraction of sp³-hybridized carbons (Fsp3) is 0.464. The van der Waals surface area contributed by atoms with Gasteiger partial charge in [0.05, 0.1) is 18.0 Å². The normalized spacial score (nSPS) is 19.4. The van der Waals surface area contributed by atoms with Gasteiger partial charge < -0.3 is 25.7 Å². The second-order valence-corrected chi connectivity index (χ2v) is 10.7. The van der Waals surface area contributed by atoms with Crippen molar-refractivity contribution in [3.63, 3.8) is 0 Å². The van der Waals surface area contributed by atoms with Gasteiger partial charge in [-0.05, 0) is 37.5 Å². The molecule has 1 unspecified atom stereocenters. The molecule has 13 heteroatoms. The van der Waals surface area contributed by atoms with Crippen LogP contribution in [0.3, 0.4) is 0 Å². The molecule has 1 aliphatic rings. The molecule has 1 aliphatic heterocycles. The van der Waals surface area contributed by atoms with Gasteiger partial charge in [-0.15, -0.1) is 0 Å². The number of amides is 3. The van der Waals surface area contributed by atoms with Gasteiger partial charge in [-0.1, -0.05) is 50.2 Å². The number of hydrogen-bond donors (Lipinski definition) is 4. The molecular formula is C28H32F5N3O5. The van der Waals surface area contributed by atoms with Gasteiger partial charge >= 0.3 is 6.18 Å². The molecule has 0 aliphatic carbocycles. The van der Waals surface area contributed by atoms with E-state index in [0.29, 0.717) is 16.0 Å². The van der Waals surface area contributed by atoms with Crippen LogP contribution in [0.1, 0.15) is 40.9 Å². The molecule has 0 radical (unpaired) electrons. The van der Waals surface area contributed by atoms with E-state index in [9.17, 15) is 37.8 Å². The minimum atomic E-state index is -4.83. The number of aliphatic hydroxyl groups excluding tert-OH is 1. The van der Waals surface area contributed by atoms with Crippen molar-refractivity contribution in [2.24, 2.45) is 5.41 Å². The Kier molecular flexibility index (Phi) is 9.02. The zero-order chi connectivity index (χ0) is 30.9. The van der Waals surface area contributed by atoms with Crippen molar-refractivity contribution < 1.29 is 46.5 Å². The predicted octanol–water partition coefficient (Wildman–Crippen LogP) is 3.26. The molecule has 0 bridgehead atoms. The SMILES string of the molecule is Cc1ccc(O)c(C)c1C(=O)N[C@@H](Cc1ccccc1)[C@H](O)C(=O)N1CC(F)(F)C(C)(C)C1C(=O)NCC(F)(F)F. The third-order valence-corrected chi connectivity index (χ3v) is 7.42. The summed E-state index contributed by atoms with van der Waals surface area (Å²) in [6, 6.07) is 7.73. The number of aryl methyl sites for hydroxylation is 1. The van der Waals surface area contributed by atoms with Crippen LogP contribution in [0.4, 0.5) is 22.0 Å². The fourth-order valence-electron chi connectivity index (χ4n) is 4.93. The fourth-order valence-corrected chi connectivity index (χ4v) is 4.93. The van der Waals surface area contributed by atoms with Crippen molar-refractivity contribution in [1.82, 2.24) is 15.5 Å². The van der Waals surface area contributed by atoms with E-state index >= 15 is 8.78 Å². The molecule has 3 amide bonds. The Morgan fingerprint density at radius 2 is 1.68 bits per heavy atom. The van der Waals surface area contributed by atoms with Gasteiger partial charge in [0.15, 0.2) is 6.10 Å². The van der Waals surface area contributed by atoms with Gasteiger partial charge in [0.25, 0.3) is 17.7 Å². The molecule has 41 heavy (non-hydrogen) atoms. The Bertz CT molecular complexity index is 1300. The Morgan fingerprint density at radius 3 is 2.27 bits per heavy atom. The standard InChI is InChI=1S/C28H32F5N3O5/c1-15-10-11-19(37)16(2)20(15)23(39)35-18(12-17-8-6-5-7-9-17)21(38)25(41)36-14-27(29,30)26(3,4)22(36)24(40)34-13-28(31,32)33/h5-11,18,21-22,37-38H,12-14H2,1-4H3,(H,34,40)(H,35,39)/t18-,21-,22?/m0/s1.